The third-order valence-electron chi connectivity index (χ3n) is 3.72. The van der Waals surface area contributed by atoms with Crippen LogP contribution < -0.4 is 4.90 Å². The first-order valence-corrected chi connectivity index (χ1v) is 5.99. The van der Waals surface area contributed by atoms with Gasteiger partial charge in [0.05, 0.1) is 0 Å². The van der Waals surface area contributed by atoms with Gasteiger partial charge in [0.15, 0.2) is 11.0 Å². The summed E-state index contributed by atoms with van der Waals surface area (Å²) in [6, 6.07) is 3.32. The summed E-state index contributed by atoms with van der Waals surface area (Å²) in [6.07, 6.45) is 1.25. The molecular formula is C11H15ClN4. The van der Waals surface area contributed by atoms with Gasteiger partial charge in [-0.05, 0) is 32.0 Å². The first-order chi connectivity index (χ1) is 7.65. The predicted octanol–water partition coefficient (Wildman–Crippen LogP) is 1.33. The van der Waals surface area contributed by atoms with Crippen molar-refractivity contribution in [3.63, 3.8) is 0 Å². The van der Waals surface area contributed by atoms with E-state index in [4.69, 9.17) is 11.6 Å². The van der Waals surface area contributed by atoms with Gasteiger partial charge >= 0.3 is 0 Å². The smallest absolute Gasteiger partial charge is 0.154 e. The molecule has 0 unspecified atom stereocenters. The van der Waals surface area contributed by atoms with Gasteiger partial charge in [0.25, 0.3) is 0 Å². The number of likely N-dealkylation sites (tertiary alicyclic amines) is 1. The fourth-order valence-corrected chi connectivity index (χ4v) is 2.84. The summed E-state index contributed by atoms with van der Waals surface area (Å²) in [5, 5.41) is 8.68. The van der Waals surface area contributed by atoms with Crippen LogP contribution in [-0.4, -0.2) is 47.3 Å². The Morgan fingerprint density at radius 3 is 2.69 bits per heavy atom. The van der Waals surface area contributed by atoms with Gasteiger partial charge in [-0.3, -0.25) is 4.90 Å². The highest BCUT2D eigenvalue weighted by Crippen LogP contribution is 2.32. The van der Waals surface area contributed by atoms with Crippen molar-refractivity contribution in [2.75, 3.05) is 25.0 Å². The highest BCUT2D eigenvalue weighted by atomic mass is 35.5. The number of rotatable bonds is 1. The number of aromatic nitrogens is 2. The van der Waals surface area contributed by atoms with Gasteiger partial charge in [-0.15, -0.1) is 10.2 Å². The Labute approximate surface area is 100 Å². The number of fused-ring (bicyclic) bond motifs is 2. The summed E-state index contributed by atoms with van der Waals surface area (Å²) in [7, 11) is 2.20. The summed E-state index contributed by atoms with van der Waals surface area (Å²) in [6.45, 7) is 4.17. The van der Waals surface area contributed by atoms with Crippen molar-refractivity contribution < 1.29 is 0 Å². The number of anilines is 1. The van der Waals surface area contributed by atoms with Crippen molar-refractivity contribution in [3.8, 4) is 0 Å². The summed E-state index contributed by atoms with van der Waals surface area (Å²) < 4.78 is 0. The Bertz CT molecular complexity index is 420. The van der Waals surface area contributed by atoms with Crippen LogP contribution in [0.2, 0.25) is 5.15 Å². The number of hydrogen-bond acceptors (Lipinski definition) is 4. The van der Waals surface area contributed by atoms with Gasteiger partial charge in [0.1, 0.15) is 0 Å². The Morgan fingerprint density at radius 2 is 2.12 bits per heavy atom. The van der Waals surface area contributed by atoms with Crippen LogP contribution in [0.1, 0.15) is 12.0 Å². The van der Waals surface area contributed by atoms with Crippen LogP contribution in [-0.2, 0) is 0 Å². The monoisotopic (exact) mass is 238 g/mol. The van der Waals surface area contributed by atoms with E-state index in [-0.39, 0.29) is 0 Å². The molecule has 2 aliphatic rings. The van der Waals surface area contributed by atoms with E-state index in [9.17, 15) is 0 Å². The molecule has 3 heterocycles. The predicted molar refractivity (Wildman–Crippen MR) is 63.9 cm³/mol. The standard InChI is InChI=1S/C11H15ClN4/c1-7-3-10(13-14-11(7)12)16-6-8-4-9(16)5-15(8)2/h3,8-9H,4-6H2,1-2H3/t8-,9-/m0/s1. The molecule has 86 valence electrons. The van der Waals surface area contributed by atoms with Crippen LogP contribution in [0.5, 0.6) is 0 Å². The zero-order valence-electron chi connectivity index (χ0n) is 9.52. The van der Waals surface area contributed by atoms with Crippen molar-refractivity contribution >= 4 is 17.4 Å². The fraction of sp³-hybridized carbons (Fsp3) is 0.636. The quantitative estimate of drug-likeness (QED) is 0.739. The average Bonchev–Trinajstić information content (AvgIpc) is 2.80. The molecule has 0 spiro atoms. The topological polar surface area (TPSA) is 32.3 Å². The highest BCUT2D eigenvalue weighted by molar-refractivity contribution is 6.30. The van der Waals surface area contributed by atoms with E-state index >= 15 is 0 Å². The summed E-state index contributed by atoms with van der Waals surface area (Å²) in [5.74, 6) is 0.975. The summed E-state index contributed by atoms with van der Waals surface area (Å²) in [4.78, 5) is 4.79. The Hall–Kier alpha value is -0.870. The molecule has 2 fully saturated rings. The largest absolute Gasteiger partial charge is 0.349 e. The van der Waals surface area contributed by atoms with Gasteiger partial charge in [0, 0.05) is 25.2 Å². The van der Waals surface area contributed by atoms with Gasteiger partial charge in [0.2, 0.25) is 0 Å². The molecule has 0 saturated carbocycles. The van der Waals surface area contributed by atoms with Crippen molar-refractivity contribution in [2.24, 2.45) is 0 Å². The van der Waals surface area contributed by atoms with Crippen LogP contribution in [0.15, 0.2) is 6.07 Å². The van der Waals surface area contributed by atoms with E-state index in [0.717, 1.165) is 24.5 Å². The van der Waals surface area contributed by atoms with Crippen LogP contribution in [0.4, 0.5) is 5.82 Å². The first kappa shape index (κ1) is 10.3. The van der Waals surface area contributed by atoms with Crippen LogP contribution >= 0.6 is 11.6 Å². The van der Waals surface area contributed by atoms with Crippen molar-refractivity contribution in [3.05, 3.63) is 16.8 Å². The van der Waals surface area contributed by atoms with E-state index in [1.165, 1.54) is 6.42 Å². The molecule has 1 aromatic rings. The normalized spacial score (nSPS) is 29.1. The Morgan fingerprint density at radius 1 is 1.31 bits per heavy atom. The minimum atomic E-state index is 0.505. The molecule has 0 N–H and O–H groups in total. The van der Waals surface area contributed by atoms with E-state index < -0.39 is 0 Å². The van der Waals surface area contributed by atoms with E-state index in [1.807, 2.05) is 13.0 Å². The molecule has 4 nitrogen and oxygen atoms in total. The molecule has 2 saturated heterocycles. The molecule has 16 heavy (non-hydrogen) atoms. The van der Waals surface area contributed by atoms with Crippen molar-refractivity contribution in [2.45, 2.75) is 25.4 Å². The van der Waals surface area contributed by atoms with Crippen LogP contribution in [0, 0.1) is 6.92 Å². The molecule has 3 rings (SSSR count). The average molecular weight is 239 g/mol. The lowest BCUT2D eigenvalue weighted by Gasteiger charge is -2.32. The third kappa shape index (κ3) is 1.48. The lowest BCUT2D eigenvalue weighted by atomic mass is 10.2. The summed E-state index contributed by atoms with van der Waals surface area (Å²) in [5.41, 5.74) is 1.00. The Balaban J connectivity index is 1.87. The lowest BCUT2D eigenvalue weighted by Crippen LogP contribution is -2.45. The molecular weight excluding hydrogens is 224 g/mol. The molecule has 2 aliphatic heterocycles. The number of aryl methyl sites for hydroxylation is 1. The van der Waals surface area contributed by atoms with Gasteiger partial charge in [-0.1, -0.05) is 11.6 Å². The van der Waals surface area contributed by atoms with Crippen molar-refractivity contribution in [1.82, 2.24) is 15.1 Å². The molecule has 0 aliphatic carbocycles. The van der Waals surface area contributed by atoms with Crippen molar-refractivity contribution in [1.29, 1.82) is 0 Å². The maximum Gasteiger partial charge on any atom is 0.154 e. The third-order valence-corrected chi connectivity index (χ3v) is 4.09. The number of nitrogens with zero attached hydrogens (tertiary/aromatic N) is 4. The minimum absolute atomic E-state index is 0.505. The second-order valence-electron chi connectivity index (χ2n) is 4.81. The number of piperazine rings is 1. The lowest BCUT2D eigenvalue weighted by molar-refractivity contribution is 0.292. The number of hydrogen-bond donors (Lipinski definition) is 0. The summed E-state index contributed by atoms with van der Waals surface area (Å²) >= 11 is 5.89. The molecule has 0 aromatic carbocycles. The van der Waals surface area contributed by atoms with Gasteiger partial charge in [-0.25, -0.2) is 0 Å². The minimum Gasteiger partial charge on any atom is -0.349 e. The molecule has 0 radical (unpaired) electrons. The number of likely N-dealkylation sites (N-methyl/N-ethyl adjacent to an activating group) is 1. The first-order valence-electron chi connectivity index (χ1n) is 5.62. The fourth-order valence-electron chi connectivity index (χ4n) is 2.74. The molecule has 2 bridgehead atoms. The SMILES string of the molecule is Cc1cc(N2C[C@@H]3C[C@H]2CN3C)nnc1Cl. The van der Waals surface area contributed by atoms with E-state index in [1.54, 1.807) is 0 Å². The molecule has 0 amide bonds. The maximum absolute atomic E-state index is 5.89. The number of halogens is 1. The zero-order chi connectivity index (χ0) is 11.3. The maximum atomic E-state index is 5.89. The molecule has 5 heteroatoms. The van der Waals surface area contributed by atoms with Crippen LogP contribution in [0.3, 0.4) is 0 Å². The second-order valence-corrected chi connectivity index (χ2v) is 5.17. The van der Waals surface area contributed by atoms with E-state index in [0.29, 0.717) is 17.2 Å². The van der Waals surface area contributed by atoms with Gasteiger partial charge in [-0.2, -0.15) is 0 Å². The zero-order valence-corrected chi connectivity index (χ0v) is 10.3. The Kier molecular flexibility index (Phi) is 2.30. The molecule has 2 atom stereocenters. The van der Waals surface area contributed by atoms with Crippen LogP contribution in [0.25, 0.3) is 0 Å². The van der Waals surface area contributed by atoms with E-state index in [2.05, 4.69) is 27.0 Å². The second kappa shape index (κ2) is 3.57. The molecule has 1 aromatic heterocycles. The highest BCUT2D eigenvalue weighted by Gasteiger charge is 2.42. The van der Waals surface area contributed by atoms with Gasteiger partial charge < -0.3 is 4.90 Å².